The molecule has 3 rings (SSSR count). The Bertz CT molecular complexity index is 693. The molecule has 1 fully saturated rings. The standard InChI is InChI=1S/C19H22N2O2/c1-13-8-7-11-16(13)19(3)14(2)20-21(18(19)23)12-17(22)15-9-5-4-6-10-15/h4-6,9-10,16H,1,7-8,11-12H2,2-3H3. The van der Waals surface area contributed by atoms with Crippen molar-refractivity contribution in [3.8, 4) is 0 Å². The number of Topliss-reactive ketones (excluding diaryl/α,β-unsaturated/α-hetero) is 1. The van der Waals surface area contributed by atoms with Gasteiger partial charge >= 0.3 is 0 Å². The number of rotatable bonds is 4. The lowest BCUT2D eigenvalue weighted by Gasteiger charge is -2.30. The molecule has 0 N–H and O–H groups in total. The van der Waals surface area contributed by atoms with E-state index in [2.05, 4.69) is 11.7 Å². The van der Waals surface area contributed by atoms with Crippen LogP contribution in [0, 0.1) is 11.3 Å². The summed E-state index contributed by atoms with van der Waals surface area (Å²) >= 11 is 0. The van der Waals surface area contributed by atoms with Gasteiger partial charge in [0.2, 0.25) is 0 Å². The zero-order chi connectivity index (χ0) is 16.6. The van der Waals surface area contributed by atoms with Crippen LogP contribution in [-0.4, -0.2) is 29.0 Å². The van der Waals surface area contributed by atoms with Crippen molar-refractivity contribution < 1.29 is 9.59 Å². The number of allylic oxidation sites excluding steroid dienone is 1. The van der Waals surface area contributed by atoms with E-state index in [1.165, 1.54) is 5.01 Å². The molecule has 120 valence electrons. The number of amides is 1. The Morgan fingerprint density at radius 1 is 1.39 bits per heavy atom. The van der Waals surface area contributed by atoms with Gasteiger partial charge in [-0.3, -0.25) is 9.59 Å². The monoisotopic (exact) mass is 310 g/mol. The van der Waals surface area contributed by atoms with Crippen LogP contribution in [-0.2, 0) is 4.79 Å². The number of hydrazone groups is 1. The third kappa shape index (κ3) is 2.52. The number of benzene rings is 1. The van der Waals surface area contributed by atoms with Crippen LogP contribution in [0.5, 0.6) is 0 Å². The molecule has 1 aliphatic carbocycles. The number of carbonyl (C=O) groups is 2. The average Bonchev–Trinajstić information content (AvgIpc) is 3.07. The third-order valence-electron chi connectivity index (χ3n) is 5.27. The molecule has 1 amide bonds. The van der Waals surface area contributed by atoms with E-state index in [0.29, 0.717) is 5.56 Å². The lowest BCUT2D eigenvalue weighted by atomic mass is 9.71. The van der Waals surface area contributed by atoms with Gasteiger partial charge in [-0.2, -0.15) is 5.10 Å². The maximum atomic E-state index is 13.0. The van der Waals surface area contributed by atoms with Crippen LogP contribution >= 0.6 is 0 Å². The van der Waals surface area contributed by atoms with Crippen molar-refractivity contribution >= 4 is 17.4 Å². The van der Waals surface area contributed by atoms with Gasteiger partial charge in [-0.05, 0) is 39.0 Å². The minimum atomic E-state index is -0.648. The second kappa shape index (κ2) is 5.76. The van der Waals surface area contributed by atoms with Crippen molar-refractivity contribution in [2.75, 3.05) is 6.54 Å². The Labute approximate surface area is 136 Å². The lowest BCUT2D eigenvalue weighted by molar-refractivity contribution is -0.136. The summed E-state index contributed by atoms with van der Waals surface area (Å²) in [4.78, 5) is 25.3. The van der Waals surface area contributed by atoms with Crippen LogP contribution in [0.25, 0.3) is 0 Å². The number of nitrogens with zero attached hydrogens (tertiary/aromatic N) is 2. The van der Waals surface area contributed by atoms with Crippen LogP contribution in [0.15, 0.2) is 47.6 Å². The van der Waals surface area contributed by atoms with E-state index in [-0.39, 0.29) is 24.2 Å². The van der Waals surface area contributed by atoms with Crippen molar-refractivity contribution in [1.82, 2.24) is 5.01 Å². The van der Waals surface area contributed by atoms with E-state index in [9.17, 15) is 9.59 Å². The van der Waals surface area contributed by atoms with E-state index in [0.717, 1.165) is 30.5 Å². The van der Waals surface area contributed by atoms with Gasteiger partial charge in [0, 0.05) is 5.56 Å². The Balaban J connectivity index is 1.80. The molecule has 0 aromatic heterocycles. The Morgan fingerprint density at radius 3 is 2.70 bits per heavy atom. The van der Waals surface area contributed by atoms with Gasteiger partial charge < -0.3 is 0 Å². The molecule has 1 aliphatic heterocycles. The molecule has 0 saturated heterocycles. The number of hydrogen-bond acceptors (Lipinski definition) is 3. The van der Waals surface area contributed by atoms with Gasteiger partial charge in [-0.25, -0.2) is 5.01 Å². The van der Waals surface area contributed by atoms with E-state index in [4.69, 9.17) is 0 Å². The van der Waals surface area contributed by atoms with Gasteiger partial charge in [-0.15, -0.1) is 0 Å². The summed E-state index contributed by atoms with van der Waals surface area (Å²) in [6, 6.07) is 9.03. The molecular weight excluding hydrogens is 288 g/mol. The number of carbonyl (C=O) groups excluding carboxylic acids is 2. The Hall–Kier alpha value is -2.23. The van der Waals surface area contributed by atoms with Crippen molar-refractivity contribution in [1.29, 1.82) is 0 Å². The fraction of sp³-hybridized carbons (Fsp3) is 0.421. The van der Waals surface area contributed by atoms with E-state index < -0.39 is 5.41 Å². The highest BCUT2D eigenvalue weighted by Gasteiger charge is 2.52. The molecule has 1 heterocycles. The molecule has 0 bridgehead atoms. The summed E-state index contributed by atoms with van der Waals surface area (Å²) in [5.74, 6) is -0.0343. The first-order valence-electron chi connectivity index (χ1n) is 8.08. The molecule has 1 saturated carbocycles. The summed E-state index contributed by atoms with van der Waals surface area (Å²) < 4.78 is 0. The van der Waals surface area contributed by atoms with Gasteiger partial charge in [0.1, 0.15) is 6.54 Å². The van der Waals surface area contributed by atoms with E-state index in [1.54, 1.807) is 12.1 Å². The van der Waals surface area contributed by atoms with Crippen LogP contribution in [0.4, 0.5) is 0 Å². The molecular formula is C19H22N2O2. The molecule has 2 unspecified atom stereocenters. The first-order chi connectivity index (χ1) is 10.9. The Kier molecular flexibility index (Phi) is 3.92. The molecule has 0 radical (unpaired) electrons. The maximum absolute atomic E-state index is 13.0. The Morgan fingerprint density at radius 2 is 2.09 bits per heavy atom. The fourth-order valence-corrected chi connectivity index (χ4v) is 3.72. The van der Waals surface area contributed by atoms with Gasteiger partial charge in [0.25, 0.3) is 5.91 Å². The molecule has 1 aromatic rings. The van der Waals surface area contributed by atoms with E-state index in [1.807, 2.05) is 32.0 Å². The summed E-state index contributed by atoms with van der Waals surface area (Å²) in [7, 11) is 0. The van der Waals surface area contributed by atoms with Crippen molar-refractivity contribution in [2.45, 2.75) is 33.1 Å². The topological polar surface area (TPSA) is 49.7 Å². The number of hydrogen-bond donors (Lipinski definition) is 0. The zero-order valence-electron chi connectivity index (χ0n) is 13.7. The average molecular weight is 310 g/mol. The fourth-order valence-electron chi connectivity index (χ4n) is 3.72. The predicted octanol–water partition coefficient (Wildman–Crippen LogP) is 3.45. The number of ketones is 1. The quantitative estimate of drug-likeness (QED) is 0.632. The summed E-state index contributed by atoms with van der Waals surface area (Å²) in [5.41, 5.74) is 1.87. The molecule has 4 heteroatoms. The van der Waals surface area contributed by atoms with Gasteiger partial charge in [-0.1, -0.05) is 42.5 Å². The smallest absolute Gasteiger partial charge is 0.255 e. The minimum Gasteiger partial charge on any atom is -0.292 e. The van der Waals surface area contributed by atoms with Crippen molar-refractivity contribution in [3.63, 3.8) is 0 Å². The second-order valence-corrected chi connectivity index (χ2v) is 6.64. The second-order valence-electron chi connectivity index (χ2n) is 6.64. The highest BCUT2D eigenvalue weighted by atomic mass is 16.2. The SMILES string of the molecule is C=C1CCCC1C1(C)C(=O)N(CC(=O)c2ccccc2)N=C1C. The molecule has 4 nitrogen and oxygen atoms in total. The zero-order valence-corrected chi connectivity index (χ0v) is 13.7. The minimum absolute atomic E-state index is 0.00499. The maximum Gasteiger partial charge on any atom is 0.255 e. The highest BCUT2D eigenvalue weighted by molar-refractivity contribution is 6.13. The van der Waals surface area contributed by atoms with Crippen LogP contribution in [0.1, 0.15) is 43.5 Å². The summed E-state index contributed by atoms with van der Waals surface area (Å²) in [5, 5.41) is 5.75. The third-order valence-corrected chi connectivity index (χ3v) is 5.27. The van der Waals surface area contributed by atoms with E-state index >= 15 is 0 Å². The van der Waals surface area contributed by atoms with Gasteiger partial charge in [0.05, 0.1) is 11.1 Å². The molecule has 1 aromatic carbocycles. The van der Waals surface area contributed by atoms with Crippen LogP contribution < -0.4 is 0 Å². The predicted molar refractivity (Wildman–Crippen MR) is 90.2 cm³/mol. The lowest BCUT2D eigenvalue weighted by Crippen LogP contribution is -2.43. The molecule has 2 aliphatic rings. The molecule has 0 spiro atoms. The van der Waals surface area contributed by atoms with Crippen LogP contribution in [0.3, 0.4) is 0 Å². The molecule has 2 atom stereocenters. The van der Waals surface area contributed by atoms with Crippen molar-refractivity contribution in [2.24, 2.45) is 16.4 Å². The first kappa shape index (κ1) is 15.7. The first-order valence-corrected chi connectivity index (χ1v) is 8.08. The summed E-state index contributed by atoms with van der Waals surface area (Å²) in [6.07, 6.45) is 3.01. The normalized spacial score (nSPS) is 27.5. The van der Waals surface area contributed by atoms with Crippen LogP contribution in [0.2, 0.25) is 0 Å². The highest BCUT2D eigenvalue weighted by Crippen LogP contribution is 2.47. The largest absolute Gasteiger partial charge is 0.292 e. The molecule has 23 heavy (non-hydrogen) atoms. The summed E-state index contributed by atoms with van der Waals surface area (Å²) in [6.45, 7) is 7.96. The van der Waals surface area contributed by atoms with Crippen molar-refractivity contribution in [3.05, 3.63) is 48.0 Å². The van der Waals surface area contributed by atoms with Gasteiger partial charge in [0.15, 0.2) is 5.78 Å².